The van der Waals surface area contributed by atoms with Crippen LogP contribution in [0.3, 0.4) is 0 Å². The van der Waals surface area contributed by atoms with Gasteiger partial charge in [-0.05, 0) is 103 Å². The molecule has 0 bridgehead atoms. The molecule has 13 N–H and O–H groups in total. The van der Waals surface area contributed by atoms with E-state index in [0.717, 1.165) is 19.3 Å². The number of carboxylic acid groups (broad SMARTS) is 1. The van der Waals surface area contributed by atoms with Gasteiger partial charge in [0, 0.05) is 6.54 Å². The van der Waals surface area contributed by atoms with Gasteiger partial charge in [-0.25, -0.2) is 4.79 Å². The van der Waals surface area contributed by atoms with Crippen molar-refractivity contribution in [3.63, 3.8) is 0 Å². The summed E-state index contributed by atoms with van der Waals surface area (Å²) in [6.07, 6.45) is 8.96. The van der Waals surface area contributed by atoms with Gasteiger partial charge in [0.05, 0.1) is 6.04 Å². The lowest BCUT2D eigenvalue weighted by Crippen LogP contribution is -2.59. The topological polar surface area (TPSA) is 278 Å². The molecule has 16 heteroatoms. The number of unbranched alkanes of at least 4 members (excludes halogenated alkanes) is 5. The Labute approximate surface area is 303 Å². The van der Waals surface area contributed by atoms with Crippen LogP contribution in [-0.2, 0) is 28.8 Å². The van der Waals surface area contributed by atoms with Gasteiger partial charge in [0.2, 0.25) is 29.5 Å². The molecule has 1 aliphatic rings. The van der Waals surface area contributed by atoms with Gasteiger partial charge in [-0.15, -0.1) is 0 Å². The number of carbonyl (C=O) groups excluding carboxylic acids is 5. The van der Waals surface area contributed by atoms with E-state index >= 15 is 0 Å². The van der Waals surface area contributed by atoms with E-state index in [1.807, 2.05) is 13.8 Å². The van der Waals surface area contributed by atoms with Gasteiger partial charge in [0.15, 0.2) is 0 Å². The second-order valence-electron chi connectivity index (χ2n) is 13.5. The van der Waals surface area contributed by atoms with E-state index in [2.05, 4.69) is 21.3 Å². The maximum atomic E-state index is 13.9. The number of amides is 5. The van der Waals surface area contributed by atoms with Crippen molar-refractivity contribution in [1.82, 2.24) is 26.2 Å². The Kier molecular flexibility index (Phi) is 23.7. The van der Waals surface area contributed by atoms with Crippen LogP contribution < -0.4 is 44.2 Å². The van der Waals surface area contributed by atoms with Gasteiger partial charge < -0.3 is 54.2 Å². The van der Waals surface area contributed by atoms with E-state index < -0.39 is 65.8 Å². The zero-order valence-electron chi connectivity index (χ0n) is 31.0. The van der Waals surface area contributed by atoms with E-state index in [4.69, 9.17) is 22.9 Å². The summed E-state index contributed by atoms with van der Waals surface area (Å²) in [7, 11) is 0. The molecule has 294 valence electrons. The summed E-state index contributed by atoms with van der Waals surface area (Å²) in [5.41, 5.74) is 23.0. The lowest BCUT2D eigenvalue weighted by atomic mass is 10.0. The summed E-state index contributed by atoms with van der Waals surface area (Å²) in [6.45, 7) is 5.46. The first-order valence-corrected chi connectivity index (χ1v) is 19.1. The molecule has 0 aromatic heterocycles. The van der Waals surface area contributed by atoms with Crippen molar-refractivity contribution < 1.29 is 33.9 Å². The summed E-state index contributed by atoms with van der Waals surface area (Å²) in [4.78, 5) is 80.9. The molecule has 0 radical (unpaired) electrons. The number of nitrogens with one attached hydrogen (secondary N) is 4. The fraction of sp³-hybridized carbons (Fsp3) is 0.829. The highest BCUT2D eigenvalue weighted by Gasteiger charge is 2.39. The minimum Gasteiger partial charge on any atom is -0.480 e. The first-order chi connectivity index (χ1) is 24.4. The summed E-state index contributed by atoms with van der Waals surface area (Å²) in [5.74, 6) is -3.70. The van der Waals surface area contributed by atoms with Crippen LogP contribution >= 0.6 is 0 Å². The van der Waals surface area contributed by atoms with Gasteiger partial charge in [-0.2, -0.15) is 0 Å². The van der Waals surface area contributed by atoms with Crippen LogP contribution in [-0.4, -0.2) is 108 Å². The monoisotopic (exact) mass is 726 g/mol. The lowest BCUT2D eigenvalue weighted by Gasteiger charge is -2.30. The molecule has 1 aliphatic heterocycles. The molecule has 5 amide bonds. The number of carboxylic acids is 1. The van der Waals surface area contributed by atoms with E-state index in [9.17, 15) is 33.9 Å². The number of nitrogens with two attached hydrogens (primary N) is 4. The van der Waals surface area contributed by atoms with Crippen LogP contribution in [0.2, 0.25) is 0 Å². The highest BCUT2D eigenvalue weighted by Crippen LogP contribution is 2.21. The van der Waals surface area contributed by atoms with Crippen LogP contribution in [0.4, 0.5) is 0 Å². The lowest BCUT2D eigenvalue weighted by molar-refractivity contribution is -0.143. The van der Waals surface area contributed by atoms with Crippen LogP contribution in [0.15, 0.2) is 0 Å². The third-order valence-corrected chi connectivity index (χ3v) is 9.23. The van der Waals surface area contributed by atoms with Gasteiger partial charge in [-0.1, -0.05) is 39.5 Å². The third kappa shape index (κ3) is 17.2. The molecule has 0 saturated carbocycles. The van der Waals surface area contributed by atoms with E-state index in [1.54, 1.807) is 0 Å². The highest BCUT2D eigenvalue weighted by atomic mass is 16.4. The molecule has 1 heterocycles. The summed E-state index contributed by atoms with van der Waals surface area (Å²) >= 11 is 0. The SMILES string of the molecule is CCCCC(N)C(=O)N[C@@H](CCCCN)C(=O)N1CCC[C@H]1C(=O)N[C@@H](CCCCN)C(=O)NC(CCCC)C(=O)N[C@@H](CCCCN)C(=O)O. The van der Waals surface area contributed by atoms with E-state index in [0.29, 0.717) is 96.8 Å². The third-order valence-electron chi connectivity index (χ3n) is 9.23. The Morgan fingerprint density at radius 3 is 1.61 bits per heavy atom. The molecule has 2 unspecified atom stereocenters. The second-order valence-corrected chi connectivity index (χ2v) is 13.5. The van der Waals surface area contributed by atoms with Crippen molar-refractivity contribution in [1.29, 1.82) is 0 Å². The molecule has 16 nitrogen and oxygen atoms in total. The molecular weight excluding hydrogens is 658 g/mol. The first kappa shape index (κ1) is 45.7. The van der Waals surface area contributed by atoms with Crippen LogP contribution in [0.1, 0.15) is 123 Å². The predicted octanol–water partition coefficient (Wildman–Crippen LogP) is 0.0959. The summed E-state index contributed by atoms with van der Waals surface area (Å²) < 4.78 is 0. The van der Waals surface area contributed by atoms with Crippen molar-refractivity contribution in [3.8, 4) is 0 Å². The number of rotatable bonds is 28. The molecule has 0 aliphatic carbocycles. The van der Waals surface area contributed by atoms with Gasteiger partial charge in [-0.3, -0.25) is 24.0 Å². The van der Waals surface area contributed by atoms with Crippen LogP contribution in [0.25, 0.3) is 0 Å². The molecule has 0 aromatic rings. The van der Waals surface area contributed by atoms with E-state index in [1.165, 1.54) is 4.90 Å². The molecular formula is C35H67N9O7. The smallest absolute Gasteiger partial charge is 0.326 e. The van der Waals surface area contributed by atoms with Gasteiger partial charge in [0.25, 0.3) is 0 Å². The van der Waals surface area contributed by atoms with Gasteiger partial charge in [0.1, 0.15) is 30.2 Å². The minimum atomic E-state index is -1.18. The summed E-state index contributed by atoms with van der Waals surface area (Å²) in [6, 6.07) is -5.68. The Hall–Kier alpha value is -3.34. The van der Waals surface area contributed by atoms with Gasteiger partial charge >= 0.3 is 5.97 Å². The minimum absolute atomic E-state index is 0.199. The number of likely N-dealkylation sites (tertiary alicyclic amines) is 1. The Bertz CT molecular complexity index is 1080. The Balaban J connectivity index is 3.16. The maximum absolute atomic E-state index is 13.9. The largest absolute Gasteiger partial charge is 0.480 e. The summed E-state index contributed by atoms with van der Waals surface area (Å²) in [5, 5.41) is 20.6. The molecule has 0 aromatic carbocycles. The zero-order chi connectivity index (χ0) is 38.2. The number of carbonyl (C=O) groups is 6. The van der Waals surface area contributed by atoms with Crippen molar-refractivity contribution in [2.45, 2.75) is 159 Å². The molecule has 1 fully saturated rings. The number of hydrogen-bond donors (Lipinski definition) is 9. The zero-order valence-corrected chi connectivity index (χ0v) is 31.0. The molecule has 1 rings (SSSR count). The van der Waals surface area contributed by atoms with Crippen LogP contribution in [0, 0.1) is 0 Å². The number of aliphatic carboxylic acids is 1. The average Bonchev–Trinajstić information content (AvgIpc) is 3.61. The quantitative estimate of drug-likeness (QED) is 0.0488. The normalized spacial score (nSPS) is 17.1. The number of hydrogen-bond acceptors (Lipinski definition) is 10. The first-order valence-electron chi connectivity index (χ1n) is 19.1. The predicted molar refractivity (Wildman–Crippen MR) is 196 cm³/mol. The highest BCUT2D eigenvalue weighted by molar-refractivity contribution is 5.96. The average molecular weight is 726 g/mol. The fourth-order valence-corrected chi connectivity index (χ4v) is 6.09. The van der Waals surface area contributed by atoms with Crippen LogP contribution in [0.5, 0.6) is 0 Å². The molecule has 0 spiro atoms. The van der Waals surface area contributed by atoms with E-state index in [-0.39, 0.29) is 25.2 Å². The molecule has 6 atom stereocenters. The van der Waals surface area contributed by atoms with Crippen molar-refractivity contribution in [2.24, 2.45) is 22.9 Å². The Morgan fingerprint density at radius 1 is 0.627 bits per heavy atom. The molecule has 51 heavy (non-hydrogen) atoms. The Morgan fingerprint density at radius 2 is 1.08 bits per heavy atom. The van der Waals surface area contributed by atoms with Crippen molar-refractivity contribution in [3.05, 3.63) is 0 Å². The maximum Gasteiger partial charge on any atom is 0.326 e. The fourth-order valence-electron chi connectivity index (χ4n) is 6.09. The number of nitrogens with zero attached hydrogens (tertiary/aromatic N) is 1. The standard InChI is InChI=1S/C35H67N9O7/c1-3-5-14-24(39)30(45)42-27(17-8-11-21-37)34(49)44-23-13-19-29(44)33(48)41-26(16-7-10-20-36)31(46)40-25(15-6-4-2)32(47)43-28(35(50)51)18-9-12-22-38/h24-29H,3-23,36-39H2,1-2H3,(H,40,46)(H,41,48)(H,42,45)(H,43,47)(H,50,51)/t24?,25?,26-,27-,28-,29-/m0/s1. The molecule has 1 saturated heterocycles. The van der Waals surface area contributed by atoms with Crippen molar-refractivity contribution >= 4 is 35.5 Å². The van der Waals surface area contributed by atoms with Crippen molar-refractivity contribution in [2.75, 3.05) is 26.2 Å². The second kappa shape index (κ2) is 26.4.